The number of rotatable bonds is 8. The maximum atomic E-state index is 13.6. The van der Waals surface area contributed by atoms with Crippen molar-refractivity contribution in [2.45, 2.75) is 19.4 Å². The van der Waals surface area contributed by atoms with Crippen molar-refractivity contribution in [3.8, 4) is 0 Å². The van der Waals surface area contributed by atoms with E-state index in [1.165, 1.54) is 12.1 Å². The second-order valence-electron chi connectivity index (χ2n) is 7.73. The molecule has 1 atom stereocenters. The smallest absolute Gasteiger partial charge is 0.173 e. The van der Waals surface area contributed by atoms with E-state index in [1.807, 2.05) is 49.5 Å². The molecule has 1 unspecified atom stereocenters. The Morgan fingerprint density at radius 3 is 2.73 bits per heavy atom. The number of aromatic nitrogens is 6. The molecule has 0 saturated heterocycles. The number of H-pyrrole nitrogens is 1. The van der Waals surface area contributed by atoms with Gasteiger partial charge in [0.15, 0.2) is 17.5 Å². The molecular weight excluding hydrogens is 419 g/mol. The van der Waals surface area contributed by atoms with Gasteiger partial charge in [-0.05, 0) is 48.9 Å². The number of aromatic amines is 1. The second-order valence-corrected chi connectivity index (χ2v) is 7.73. The number of benzene rings is 1. The van der Waals surface area contributed by atoms with Crippen LogP contribution in [0.3, 0.4) is 0 Å². The maximum Gasteiger partial charge on any atom is 0.173 e. The Labute approximate surface area is 189 Å². The van der Waals surface area contributed by atoms with Crippen molar-refractivity contribution in [1.29, 1.82) is 0 Å². The Bertz CT molecular complexity index is 1340. The molecule has 0 radical (unpaired) electrons. The summed E-state index contributed by atoms with van der Waals surface area (Å²) in [7, 11) is 0. The van der Waals surface area contributed by atoms with Gasteiger partial charge in [-0.25, -0.2) is 13.9 Å². The first-order valence-corrected chi connectivity index (χ1v) is 10.7. The highest BCUT2D eigenvalue weighted by molar-refractivity contribution is 5.72. The Morgan fingerprint density at radius 1 is 1.09 bits per heavy atom. The first-order valence-electron chi connectivity index (χ1n) is 10.7. The third-order valence-corrected chi connectivity index (χ3v) is 5.28. The van der Waals surface area contributed by atoms with Crippen molar-refractivity contribution in [2.24, 2.45) is 0 Å². The second kappa shape index (κ2) is 9.17. The fourth-order valence-corrected chi connectivity index (χ4v) is 3.67. The Hall–Kier alpha value is -4.11. The summed E-state index contributed by atoms with van der Waals surface area (Å²) >= 11 is 0. The minimum absolute atomic E-state index is 0.288. The van der Waals surface area contributed by atoms with Crippen LogP contribution in [0.5, 0.6) is 0 Å². The van der Waals surface area contributed by atoms with Crippen LogP contribution in [0.1, 0.15) is 28.8 Å². The van der Waals surface area contributed by atoms with Gasteiger partial charge in [-0.2, -0.15) is 10.2 Å². The van der Waals surface area contributed by atoms with Crippen LogP contribution in [-0.4, -0.2) is 36.3 Å². The van der Waals surface area contributed by atoms with Crippen molar-refractivity contribution in [2.75, 3.05) is 11.9 Å². The summed E-state index contributed by atoms with van der Waals surface area (Å²) in [6.07, 6.45) is 4.39. The molecule has 5 rings (SSSR count). The Kier molecular flexibility index (Phi) is 5.77. The van der Waals surface area contributed by atoms with E-state index >= 15 is 0 Å². The molecule has 4 heterocycles. The number of anilines is 2. The zero-order chi connectivity index (χ0) is 22.6. The van der Waals surface area contributed by atoms with Crippen LogP contribution < -0.4 is 10.6 Å². The van der Waals surface area contributed by atoms with Gasteiger partial charge in [0.25, 0.3) is 0 Å². The summed E-state index contributed by atoms with van der Waals surface area (Å²) in [6, 6.07) is 17.7. The minimum atomic E-state index is -0.345. The van der Waals surface area contributed by atoms with Gasteiger partial charge in [0.1, 0.15) is 11.3 Å². The molecule has 0 aliphatic heterocycles. The van der Waals surface area contributed by atoms with E-state index in [0.29, 0.717) is 24.0 Å². The predicted octanol–water partition coefficient (Wildman–Crippen LogP) is 3.96. The average Bonchev–Trinajstić information content (AvgIpc) is 3.47. The fraction of sp³-hybridized carbons (Fsp3) is 0.167. The van der Waals surface area contributed by atoms with Crippen molar-refractivity contribution in [3.63, 3.8) is 0 Å². The highest BCUT2D eigenvalue weighted by Crippen LogP contribution is 2.25. The molecule has 0 bridgehead atoms. The standard InChI is InChI=1S/C24H23FN8/c1-16-15-21(31-30-16)28-23-20-6-4-14-33(20)32-24(29-23)22(17-7-9-18(25)10-8-17)27-13-11-19-5-2-3-12-26-19/h2-10,12,14-15,22,27H,11,13H2,1H3,(H2,28,29,30,31,32). The van der Waals surface area contributed by atoms with E-state index in [0.717, 1.165) is 28.9 Å². The molecule has 0 saturated carbocycles. The predicted molar refractivity (Wildman–Crippen MR) is 124 cm³/mol. The molecule has 1 aromatic carbocycles. The van der Waals surface area contributed by atoms with Gasteiger partial charge in [0.2, 0.25) is 0 Å². The number of hydrogen-bond donors (Lipinski definition) is 3. The molecule has 3 N–H and O–H groups in total. The largest absolute Gasteiger partial charge is 0.322 e. The molecule has 5 aromatic rings. The highest BCUT2D eigenvalue weighted by Gasteiger charge is 2.20. The topological polar surface area (TPSA) is 95.8 Å². The molecule has 33 heavy (non-hydrogen) atoms. The van der Waals surface area contributed by atoms with Crippen molar-refractivity contribution in [1.82, 2.24) is 35.1 Å². The number of pyridine rings is 1. The lowest BCUT2D eigenvalue weighted by molar-refractivity contribution is 0.561. The lowest BCUT2D eigenvalue weighted by Crippen LogP contribution is -2.27. The summed E-state index contributed by atoms with van der Waals surface area (Å²) in [5, 5.41) is 18.7. The molecule has 0 amide bonds. The van der Waals surface area contributed by atoms with Gasteiger partial charge >= 0.3 is 0 Å². The molecule has 8 nitrogen and oxygen atoms in total. The van der Waals surface area contributed by atoms with Crippen molar-refractivity contribution in [3.05, 3.63) is 102 Å². The molecule has 0 spiro atoms. The van der Waals surface area contributed by atoms with E-state index in [9.17, 15) is 4.39 Å². The normalized spacial score (nSPS) is 12.2. The fourth-order valence-electron chi connectivity index (χ4n) is 3.67. The minimum Gasteiger partial charge on any atom is -0.322 e. The number of halogens is 1. The van der Waals surface area contributed by atoms with Crippen LogP contribution in [0, 0.1) is 12.7 Å². The molecule has 0 fully saturated rings. The third-order valence-electron chi connectivity index (χ3n) is 5.28. The molecule has 9 heteroatoms. The zero-order valence-corrected chi connectivity index (χ0v) is 18.0. The molecule has 0 aliphatic carbocycles. The summed E-state index contributed by atoms with van der Waals surface area (Å²) in [4.78, 5) is 9.22. The molecule has 166 valence electrons. The number of aryl methyl sites for hydroxylation is 1. The SMILES string of the molecule is Cc1cc(Nc2nc(C(NCCc3ccccn3)c3ccc(F)cc3)nn3cccc23)n[nH]1. The van der Waals surface area contributed by atoms with E-state index in [4.69, 9.17) is 10.1 Å². The lowest BCUT2D eigenvalue weighted by atomic mass is 10.1. The number of nitrogens with zero attached hydrogens (tertiary/aromatic N) is 5. The third kappa shape index (κ3) is 4.73. The Balaban J connectivity index is 1.49. The van der Waals surface area contributed by atoms with Gasteiger partial charge in [-0.1, -0.05) is 18.2 Å². The summed E-state index contributed by atoms with van der Waals surface area (Å²) in [5.74, 6) is 1.57. The molecule has 0 aliphatic rings. The maximum absolute atomic E-state index is 13.6. The van der Waals surface area contributed by atoms with Crippen LogP contribution in [-0.2, 0) is 6.42 Å². The Morgan fingerprint density at radius 2 is 1.97 bits per heavy atom. The number of fused-ring (bicyclic) bond motifs is 1. The van der Waals surface area contributed by atoms with Crippen molar-refractivity contribution < 1.29 is 4.39 Å². The number of hydrogen-bond acceptors (Lipinski definition) is 6. The van der Waals surface area contributed by atoms with Crippen LogP contribution in [0.4, 0.5) is 16.0 Å². The van der Waals surface area contributed by atoms with E-state index in [1.54, 1.807) is 22.8 Å². The summed E-state index contributed by atoms with van der Waals surface area (Å²) in [5.41, 5.74) is 3.62. The van der Waals surface area contributed by atoms with E-state index in [2.05, 4.69) is 25.8 Å². The number of nitrogens with one attached hydrogen (secondary N) is 3. The van der Waals surface area contributed by atoms with Gasteiger partial charge in [0.05, 0.1) is 6.04 Å². The van der Waals surface area contributed by atoms with Crippen LogP contribution >= 0.6 is 0 Å². The van der Waals surface area contributed by atoms with E-state index < -0.39 is 0 Å². The summed E-state index contributed by atoms with van der Waals surface area (Å²) in [6.45, 7) is 2.58. The molecule has 4 aromatic heterocycles. The van der Waals surface area contributed by atoms with Crippen LogP contribution in [0.15, 0.2) is 73.1 Å². The van der Waals surface area contributed by atoms with Gasteiger partial charge in [0, 0.05) is 42.8 Å². The van der Waals surface area contributed by atoms with Crippen LogP contribution in [0.2, 0.25) is 0 Å². The van der Waals surface area contributed by atoms with Crippen LogP contribution in [0.25, 0.3) is 5.52 Å². The van der Waals surface area contributed by atoms with Gasteiger partial charge < -0.3 is 10.6 Å². The van der Waals surface area contributed by atoms with Crippen molar-refractivity contribution >= 4 is 17.2 Å². The first-order chi connectivity index (χ1) is 16.2. The highest BCUT2D eigenvalue weighted by atomic mass is 19.1. The zero-order valence-electron chi connectivity index (χ0n) is 18.0. The lowest BCUT2D eigenvalue weighted by Gasteiger charge is -2.19. The first kappa shape index (κ1) is 20.8. The summed E-state index contributed by atoms with van der Waals surface area (Å²) < 4.78 is 15.4. The van der Waals surface area contributed by atoms with Gasteiger partial charge in [-0.3, -0.25) is 10.1 Å². The van der Waals surface area contributed by atoms with Gasteiger partial charge in [-0.15, -0.1) is 0 Å². The van der Waals surface area contributed by atoms with E-state index in [-0.39, 0.29) is 11.9 Å². The quantitative estimate of drug-likeness (QED) is 0.337. The average molecular weight is 443 g/mol. The monoisotopic (exact) mass is 442 g/mol. The molecular formula is C24H23FN8.